The molecule has 6 heteroatoms. The number of ether oxygens (including phenoxy) is 2. The van der Waals surface area contributed by atoms with Crippen LogP contribution in [-0.4, -0.2) is 13.1 Å². The Labute approximate surface area is 156 Å². The van der Waals surface area contributed by atoms with Gasteiger partial charge in [-0.1, -0.05) is 18.2 Å². The number of hydrogen-bond acceptors (Lipinski definition) is 3. The standard InChI is InChI=1S/C21H19FN2O3/c1-26-19-6-3-5-17(13-19)24-21(25)23-14-15-4-2-7-20(12-15)27-18-10-8-16(22)9-11-18/h2-13H,14H2,1H3,(H2,23,24,25). The summed E-state index contributed by atoms with van der Waals surface area (Å²) in [7, 11) is 1.57. The number of anilines is 1. The van der Waals surface area contributed by atoms with Gasteiger partial charge in [-0.2, -0.15) is 0 Å². The van der Waals surface area contributed by atoms with Gasteiger partial charge in [0.2, 0.25) is 0 Å². The largest absolute Gasteiger partial charge is 0.497 e. The molecular formula is C21H19FN2O3. The molecule has 0 bridgehead atoms. The van der Waals surface area contributed by atoms with Gasteiger partial charge in [0.15, 0.2) is 0 Å². The van der Waals surface area contributed by atoms with Crippen LogP contribution < -0.4 is 20.1 Å². The summed E-state index contributed by atoms with van der Waals surface area (Å²) in [6.45, 7) is 0.330. The second-order valence-electron chi connectivity index (χ2n) is 5.74. The Balaban J connectivity index is 1.56. The summed E-state index contributed by atoms with van der Waals surface area (Å²) in [6, 6.07) is 19.9. The topological polar surface area (TPSA) is 59.6 Å². The zero-order chi connectivity index (χ0) is 19.1. The van der Waals surface area contributed by atoms with Crippen LogP contribution in [-0.2, 0) is 6.54 Å². The molecule has 0 saturated carbocycles. The Bertz CT molecular complexity index is 913. The van der Waals surface area contributed by atoms with E-state index >= 15 is 0 Å². The highest BCUT2D eigenvalue weighted by atomic mass is 19.1. The van der Waals surface area contributed by atoms with Crippen molar-refractivity contribution in [3.05, 3.63) is 84.2 Å². The van der Waals surface area contributed by atoms with E-state index in [1.807, 2.05) is 18.2 Å². The molecule has 0 atom stereocenters. The van der Waals surface area contributed by atoms with Crippen LogP contribution in [0.25, 0.3) is 0 Å². The van der Waals surface area contributed by atoms with Crippen LogP contribution in [0.3, 0.4) is 0 Å². The summed E-state index contributed by atoms with van der Waals surface area (Å²) in [5.74, 6) is 1.49. The molecule has 0 radical (unpaired) electrons. The van der Waals surface area contributed by atoms with E-state index in [4.69, 9.17) is 9.47 Å². The van der Waals surface area contributed by atoms with Gasteiger partial charge in [-0.3, -0.25) is 0 Å². The fourth-order valence-electron chi connectivity index (χ4n) is 2.42. The van der Waals surface area contributed by atoms with E-state index in [-0.39, 0.29) is 11.8 Å². The van der Waals surface area contributed by atoms with Crippen molar-refractivity contribution >= 4 is 11.7 Å². The molecule has 0 unspecified atom stereocenters. The number of amides is 2. The Morgan fingerprint density at radius 3 is 2.44 bits per heavy atom. The fourth-order valence-corrected chi connectivity index (χ4v) is 2.42. The Morgan fingerprint density at radius 1 is 0.926 bits per heavy atom. The van der Waals surface area contributed by atoms with Crippen molar-refractivity contribution in [1.82, 2.24) is 5.32 Å². The maximum absolute atomic E-state index is 13.0. The highest BCUT2D eigenvalue weighted by Crippen LogP contribution is 2.22. The summed E-state index contributed by atoms with van der Waals surface area (Å²) in [6.07, 6.45) is 0. The molecule has 138 valence electrons. The minimum Gasteiger partial charge on any atom is -0.497 e. The molecule has 3 aromatic rings. The Hall–Kier alpha value is -3.54. The molecule has 0 heterocycles. The maximum Gasteiger partial charge on any atom is 0.319 e. The van der Waals surface area contributed by atoms with Gasteiger partial charge in [-0.15, -0.1) is 0 Å². The average Bonchev–Trinajstić information content (AvgIpc) is 2.69. The number of urea groups is 1. The van der Waals surface area contributed by atoms with E-state index < -0.39 is 0 Å². The smallest absolute Gasteiger partial charge is 0.319 e. The van der Waals surface area contributed by atoms with Crippen LogP contribution in [0.4, 0.5) is 14.9 Å². The predicted octanol–water partition coefficient (Wildman–Crippen LogP) is 4.95. The van der Waals surface area contributed by atoms with Crippen molar-refractivity contribution in [1.29, 1.82) is 0 Å². The minimum atomic E-state index is -0.326. The lowest BCUT2D eigenvalue weighted by atomic mass is 10.2. The molecule has 5 nitrogen and oxygen atoms in total. The quantitative estimate of drug-likeness (QED) is 0.649. The van der Waals surface area contributed by atoms with E-state index in [0.717, 1.165) is 5.56 Å². The van der Waals surface area contributed by atoms with Gasteiger partial charge < -0.3 is 20.1 Å². The second kappa shape index (κ2) is 8.71. The van der Waals surface area contributed by atoms with E-state index in [0.29, 0.717) is 29.5 Å². The molecule has 0 aliphatic rings. The number of methoxy groups -OCH3 is 1. The molecule has 0 aliphatic heterocycles. The lowest BCUT2D eigenvalue weighted by Gasteiger charge is -2.10. The summed E-state index contributed by atoms with van der Waals surface area (Å²) in [5, 5.41) is 5.54. The van der Waals surface area contributed by atoms with Crippen LogP contribution in [0.1, 0.15) is 5.56 Å². The summed E-state index contributed by atoms with van der Waals surface area (Å²) in [5.41, 5.74) is 1.51. The molecule has 2 amide bonds. The zero-order valence-corrected chi connectivity index (χ0v) is 14.7. The number of benzene rings is 3. The van der Waals surface area contributed by atoms with Crippen molar-refractivity contribution in [3.63, 3.8) is 0 Å². The van der Waals surface area contributed by atoms with Crippen LogP contribution >= 0.6 is 0 Å². The average molecular weight is 366 g/mol. The van der Waals surface area contributed by atoms with E-state index in [9.17, 15) is 9.18 Å². The SMILES string of the molecule is COc1cccc(NC(=O)NCc2cccc(Oc3ccc(F)cc3)c2)c1. The molecular weight excluding hydrogens is 347 g/mol. The third-order valence-corrected chi connectivity index (χ3v) is 3.73. The third kappa shape index (κ3) is 5.47. The number of halogens is 1. The Kier molecular flexibility index (Phi) is 5.89. The number of rotatable bonds is 6. The first-order chi connectivity index (χ1) is 13.1. The second-order valence-corrected chi connectivity index (χ2v) is 5.74. The van der Waals surface area contributed by atoms with E-state index in [1.54, 1.807) is 49.6 Å². The van der Waals surface area contributed by atoms with Gasteiger partial charge >= 0.3 is 6.03 Å². The van der Waals surface area contributed by atoms with Gasteiger partial charge in [0.1, 0.15) is 23.1 Å². The van der Waals surface area contributed by atoms with Crippen LogP contribution in [0, 0.1) is 5.82 Å². The molecule has 3 rings (SSSR count). The third-order valence-electron chi connectivity index (χ3n) is 3.73. The number of carbonyl (C=O) groups excluding carboxylic acids is 1. The monoisotopic (exact) mass is 366 g/mol. The molecule has 3 aromatic carbocycles. The van der Waals surface area contributed by atoms with Gasteiger partial charge in [0, 0.05) is 18.3 Å². The summed E-state index contributed by atoms with van der Waals surface area (Å²) >= 11 is 0. The van der Waals surface area contributed by atoms with Crippen molar-refractivity contribution in [2.45, 2.75) is 6.54 Å². The minimum absolute atomic E-state index is 0.317. The van der Waals surface area contributed by atoms with E-state index in [2.05, 4.69) is 10.6 Å². The molecule has 0 aromatic heterocycles. The molecule has 0 aliphatic carbocycles. The van der Waals surface area contributed by atoms with Crippen molar-refractivity contribution in [2.75, 3.05) is 12.4 Å². The first-order valence-corrected chi connectivity index (χ1v) is 8.33. The summed E-state index contributed by atoms with van der Waals surface area (Å²) in [4.78, 5) is 12.1. The normalized spacial score (nSPS) is 10.1. The predicted molar refractivity (Wildman–Crippen MR) is 102 cm³/mol. The molecule has 2 N–H and O–H groups in total. The van der Waals surface area contributed by atoms with Gasteiger partial charge in [0.25, 0.3) is 0 Å². The molecule has 27 heavy (non-hydrogen) atoms. The molecule has 0 spiro atoms. The van der Waals surface area contributed by atoms with Crippen LogP contribution in [0.15, 0.2) is 72.8 Å². The lowest BCUT2D eigenvalue weighted by Crippen LogP contribution is -2.28. The number of hydrogen-bond donors (Lipinski definition) is 2. The van der Waals surface area contributed by atoms with Gasteiger partial charge in [0.05, 0.1) is 7.11 Å². The van der Waals surface area contributed by atoms with Gasteiger partial charge in [-0.05, 0) is 54.1 Å². The summed E-state index contributed by atoms with van der Waals surface area (Å²) < 4.78 is 23.8. The van der Waals surface area contributed by atoms with Crippen LogP contribution in [0.2, 0.25) is 0 Å². The zero-order valence-electron chi connectivity index (χ0n) is 14.7. The first kappa shape index (κ1) is 18.3. The lowest BCUT2D eigenvalue weighted by molar-refractivity contribution is 0.251. The number of nitrogens with one attached hydrogen (secondary N) is 2. The maximum atomic E-state index is 13.0. The first-order valence-electron chi connectivity index (χ1n) is 8.33. The number of carbonyl (C=O) groups is 1. The van der Waals surface area contributed by atoms with E-state index in [1.165, 1.54) is 12.1 Å². The Morgan fingerprint density at radius 2 is 1.67 bits per heavy atom. The van der Waals surface area contributed by atoms with Crippen molar-refractivity contribution < 1.29 is 18.7 Å². The molecule has 0 fully saturated rings. The van der Waals surface area contributed by atoms with Gasteiger partial charge in [-0.25, -0.2) is 9.18 Å². The van der Waals surface area contributed by atoms with Crippen molar-refractivity contribution in [2.24, 2.45) is 0 Å². The molecule has 0 saturated heterocycles. The van der Waals surface area contributed by atoms with Crippen LogP contribution in [0.5, 0.6) is 17.2 Å². The highest BCUT2D eigenvalue weighted by molar-refractivity contribution is 5.89. The fraction of sp³-hybridized carbons (Fsp3) is 0.0952. The highest BCUT2D eigenvalue weighted by Gasteiger charge is 2.04. The van der Waals surface area contributed by atoms with Crippen molar-refractivity contribution in [3.8, 4) is 17.2 Å².